The lowest BCUT2D eigenvalue weighted by atomic mass is 10.3. The maximum absolute atomic E-state index is 11.8. The van der Waals surface area contributed by atoms with Gasteiger partial charge in [-0.25, -0.2) is 0 Å². The van der Waals surface area contributed by atoms with E-state index in [0.29, 0.717) is 23.4 Å². The summed E-state index contributed by atoms with van der Waals surface area (Å²) in [5.41, 5.74) is 0. The number of aromatic amines is 1. The molecule has 0 spiro atoms. The number of H-pyrrole nitrogens is 1. The van der Waals surface area contributed by atoms with E-state index in [9.17, 15) is 4.79 Å². The van der Waals surface area contributed by atoms with Gasteiger partial charge in [-0.15, -0.1) is 10.2 Å². The molecule has 2 N–H and O–H groups in total. The molecule has 2 aromatic heterocycles. The Hall–Kier alpha value is -2.44. The van der Waals surface area contributed by atoms with Gasteiger partial charge < -0.3 is 9.73 Å². The second-order valence-electron chi connectivity index (χ2n) is 5.39. The predicted molar refractivity (Wildman–Crippen MR) is 75.0 cm³/mol. The van der Waals surface area contributed by atoms with Crippen LogP contribution in [0, 0.1) is 5.92 Å². The van der Waals surface area contributed by atoms with E-state index >= 15 is 0 Å². The van der Waals surface area contributed by atoms with Crippen molar-refractivity contribution in [2.75, 3.05) is 0 Å². The van der Waals surface area contributed by atoms with Crippen molar-refractivity contribution in [2.45, 2.75) is 32.2 Å². The SMILES string of the molecule is CC(NC(=O)C=Cc1ccc(C2CC2C)o1)c1nn[nH]n1. The lowest BCUT2D eigenvalue weighted by molar-refractivity contribution is -0.117. The van der Waals surface area contributed by atoms with Crippen molar-refractivity contribution in [1.82, 2.24) is 25.9 Å². The van der Waals surface area contributed by atoms with Crippen molar-refractivity contribution in [1.29, 1.82) is 0 Å². The Labute approximate surface area is 121 Å². The Bertz CT molecular complexity index is 646. The van der Waals surface area contributed by atoms with Crippen molar-refractivity contribution in [3.63, 3.8) is 0 Å². The highest BCUT2D eigenvalue weighted by Gasteiger charge is 2.36. The molecule has 2 aromatic rings. The molecule has 0 aliphatic heterocycles. The molecule has 21 heavy (non-hydrogen) atoms. The van der Waals surface area contributed by atoms with Crippen molar-refractivity contribution in [3.8, 4) is 0 Å². The van der Waals surface area contributed by atoms with Gasteiger partial charge in [0.15, 0.2) is 5.82 Å². The molecule has 7 heteroatoms. The van der Waals surface area contributed by atoms with Crippen LogP contribution in [0.5, 0.6) is 0 Å². The van der Waals surface area contributed by atoms with Crippen LogP contribution in [0.2, 0.25) is 0 Å². The first-order valence-corrected chi connectivity index (χ1v) is 6.95. The number of nitrogens with zero attached hydrogens (tertiary/aromatic N) is 3. The first kappa shape index (κ1) is 13.5. The van der Waals surface area contributed by atoms with Crippen molar-refractivity contribution in [3.05, 3.63) is 35.6 Å². The molecule has 3 rings (SSSR count). The van der Waals surface area contributed by atoms with E-state index in [-0.39, 0.29) is 11.9 Å². The molecule has 1 saturated carbocycles. The molecule has 1 fully saturated rings. The number of aromatic nitrogens is 4. The Morgan fingerprint density at radius 1 is 1.57 bits per heavy atom. The minimum Gasteiger partial charge on any atom is -0.461 e. The van der Waals surface area contributed by atoms with E-state index in [0.717, 1.165) is 5.76 Å². The molecule has 1 aliphatic carbocycles. The minimum absolute atomic E-state index is 0.231. The lowest BCUT2D eigenvalue weighted by Crippen LogP contribution is -2.25. The third-order valence-electron chi connectivity index (χ3n) is 3.63. The summed E-state index contributed by atoms with van der Waals surface area (Å²) in [5, 5.41) is 16.2. The minimum atomic E-state index is -0.305. The number of rotatable bonds is 5. The number of nitrogens with one attached hydrogen (secondary N) is 2. The van der Waals surface area contributed by atoms with Gasteiger partial charge in [-0.05, 0) is 37.5 Å². The smallest absolute Gasteiger partial charge is 0.244 e. The van der Waals surface area contributed by atoms with Gasteiger partial charge in [0.05, 0.1) is 6.04 Å². The van der Waals surface area contributed by atoms with Gasteiger partial charge in [0.2, 0.25) is 5.91 Å². The number of amides is 1. The molecule has 3 atom stereocenters. The molecular weight excluding hydrogens is 270 g/mol. The monoisotopic (exact) mass is 287 g/mol. The topological polar surface area (TPSA) is 96.7 Å². The Balaban J connectivity index is 1.55. The summed E-state index contributed by atoms with van der Waals surface area (Å²) in [6.07, 6.45) is 4.28. The number of carbonyl (C=O) groups is 1. The summed E-state index contributed by atoms with van der Waals surface area (Å²) in [6, 6.07) is 3.56. The molecule has 1 aliphatic rings. The first-order chi connectivity index (χ1) is 10.1. The van der Waals surface area contributed by atoms with E-state index in [1.807, 2.05) is 12.1 Å². The molecule has 0 saturated heterocycles. The van der Waals surface area contributed by atoms with Crippen molar-refractivity contribution >= 4 is 12.0 Å². The number of carbonyl (C=O) groups excluding carboxylic acids is 1. The average Bonchev–Trinajstić information content (AvgIpc) is 2.93. The largest absolute Gasteiger partial charge is 0.461 e. The summed E-state index contributed by atoms with van der Waals surface area (Å²) < 4.78 is 5.70. The third-order valence-corrected chi connectivity index (χ3v) is 3.63. The zero-order valence-corrected chi connectivity index (χ0v) is 11.9. The Kier molecular flexibility index (Phi) is 3.55. The number of tetrazole rings is 1. The summed E-state index contributed by atoms with van der Waals surface area (Å²) in [6.45, 7) is 3.99. The standard InChI is InChI=1S/C14H17N5O2/c1-8-7-11(8)12-5-3-10(21-12)4-6-13(20)15-9(2)14-16-18-19-17-14/h3-6,8-9,11H,7H2,1-2H3,(H,15,20)(H,16,17,18,19). The summed E-state index contributed by atoms with van der Waals surface area (Å²) in [7, 11) is 0. The van der Waals surface area contributed by atoms with Gasteiger partial charge in [0, 0.05) is 12.0 Å². The molecule has 2 heterocycles. The van der Waals surface area contributed by atoms with Gasteiger partial charge in [0.25, 0.3) is 0 Å². The fraction of sp³-hybridized carbons (Fsp3) is 0.429. The first-order valence-electron chi connectivity index (χ1n) is 6.95. The summed E-state index contributed by atoms with van der Waals surface area (Å²) in [4.78, 5) is 11.8. The zero-order chi connectivity index (χ0) is 14.8. The van der Waals surface area contributed by atoms with E-state index in [1.165, 1.54) is 12.5 Å². The lowest BCUT2D eigenvalue weighted by Gasteiger charge is -2.06. The fourth-order valence-electron chi connectivity index (χ4n) is 2.21. The molecule has 110 valence electrons. The maximum atomic E-state index is 11.8. The van der Waals surface area contributed by atoms with E-state index in [1.54, 1.807) is 13.0 Å². The predicted octanol–water partition coefficient (Wildman–Crippen LogP) is 1.81. The zero-order valence-electron chi connectivity index (χ0n) is 11.9. The van der Waals surface area contributed by atoms with Crippen LogP contribution in [-0.2, 0) is 4.79 Å². The maximum Gasteiger partial charge on any atom is 0.244 e. The van der Waals surface area contributed by atoms with Crippen molar-refractivity contribution in [2.24, 2.45) is 5.92 Å². The second-order valence-corrected chi connectivity index (χ2v) is 5.39. The second kappa shape index (κ2) is 5.51. The van der Waals surface area contributed by atoms with Gasteiger partial charge in [-0.2, -0.15) is 5.21 Å². The van der Waals surface area contributed by atoms with Gasteiger partial charge in [0.1, 0.15) is 11.5 Å². The van der Waals surface area contributed by atoms with Crippen LogP contribution in [0.15, 0.2) is 22.6 Å². The highest BCUT2D eigenvalue weighted by molar-refractivity contribution is 5.91. The number of furan rings is 1. The van der Waals surface area contributed by atoms with Crippen LogP contribution in [0.3, 0.4) is 0 Å². The Morgan fingerprint density at radius 3 is 3.05 bits per heavy atom. The van der Waals surface area contributed by atoms with E-state index < -0.39 is 0 Å². The quantitative estimate of drug-likeness (QED) is 0.817. The normalized spacial score (nSPS) is 22.4. The molecule has 3 unspecified atom stereocenters. The van der Waals surface area contributed by atoms with Crippen molar-refractivity contribution < 1.29 is 9.21 Å². The molecule has 0 bridgehead atoms. The van der Waals surface area contributed by atoms with Gasteiger partial charge >= 0.3 is 0 Å². The molecule has 7 nitrogen and oxygen atoms in total. The highest BCUT2D eigenvalue weighted by Crippen LogP contribution is 2.47. The number of hydrogen-bond acceptors (Lipinski definition) is 5. The van der Waals surface area contributed by atoms with Crippen LogP contribution < -0.4 is 5.32 Å². The van der Waals surface area contributed by atoms with Gasteiger partial charge in [-0.3, -0.25) is 4.79 Å². The molecular formula is C14H17N5O2. The summed E-state index contributed by atoms with van der Waals surface area (Å²) in [5.74, 6) is 3.14. The molecule has 0 aromatic carbocycles. The fourth-order valence-corrected chi connectivity index (χ4v) is 2.21. The van der Waals surface area contributed by atoms with Crippen LogP contribution in [0.1, 0.15) is 49.6 Å². The van der Waals surface area contributed by atoms with E-state index in [4.69, 9.17) is 4.42 Å². The molecule has 0 radical (unpaired) electrons. The van der Waals surface area contributed by atoms with Crippen LogP contribution in [-0.4, -0.2) is 26.5 Å². The average molecular weight is 287 g/mol. The highest BCUT2D eigenvalue weighted by atomic mass is 16.3. The number of hydrogen-bond donors (Lipinski definition) is 2. The van der Waals surface area contributed by atoms with Crippen LogP contribution in [0.25, 0.3) is 6.08 Å². The van der Waals surface area contributed by atoms with Crippen LogP contribution >= 0.6 is 0 Å². The third kappa shape index (κ3) is 3.18. The van der Waals surface area contributed by atoms with Gasteiger partial charge in [-0.1, -0.05) is 12.1 Å². The van der Waals surface area contributed by atoms with E-state index in [2.05, 4.69) is 32.9 Å². The summed E-state index contributed by atoms with van der Waals surface area (Å²) >= 11 is 0. The Morgan fingerprint density at radius 2 is 2.38 bits per heavy atom. The van der Waals surface area contributed by atoms with Crippen LogP contribution in [0.4, 0.5) is 0 Å². The molecule has 1 amide bonds.